The maximum atomic E-state index is 12.6. The van der Waals surface area contributed by atoms with Crippen LogP contribution in [0.2, 0.25) is 0 Å². The lowest BCUT2D eigenvalue weighted by atomic mass is 10.1. The molecule has 0 radical (unpaired) electrons. The molecule has 0 atom stereocenters. The Bertz CT molecular complexity index is 899. The second-order valence-electron chi connectivity index (χ2n) is 5.14. The molecule has 1 aromatic carbocycles. The number of nitrogens with zero attached hydrogens (tertiary/aromatic N) is 2. The van der Waals surface area contributed by atoms with Crippen LogP contribution in [0.5, 0.6) is 5.75 Å². The fourth-order valence-corrected chi connectivity index (χ4v) is 4.36. The van der Waals surface area contributed by atoms with Crippen LogP contribution in [0.1, 0.15) is 23.0 Å². The summed E-state index contributed by atoms with van der Waals surface area (Å²) in [6, 6.07) is 4.84. The molecule has 2 aromatic rings. The van der Waals surface area contributed by atoms with Crippen molar-refractivity contribution in [1.82, 2.24) is 9.78 Å². The minimum absolute atomic E-state index is 0.0504. The van der Waals surface area contributed by atoms with Crippen LogP contribution in [-0.4, -0.2) is 37.9 Å². The number of hydrogen-bond acceptors (Lipinski definition) is 6. The number of rotatable bonds is 3. The SMILES string of the molecule is CCOC(=O)c1nn(C)c2c1CS(=O)(=O)c1cc(OC)ccc1-2. The number of carbonyl (C=O) groups excluding carboxylic acids is 1. The molecule has 0 fully saturated rings. The van der Waals surface area contributed by atoms with E-state index in [4.69, 9.17) is 9.47 Å². The summed E-state index contributed by atoms with van der Waals surface area (Å²) in [5.41, 5.74) is 1.55. The molecular weight excluding hydrogens is 320 g/mol. The monoisotopic (exact) mass is 336 g/mol. The average Bonchev–Trinajstić information content (AvgIpc) is 2.83. The van der Waals surface area contributed by atoms with Crippen LogP contribution in [0.25, 0.3) is 11.3 Å². The highest BCUT2D eigenvalue weighted by Crippen LogP contribution is 2.40. The molecule has 0 spiro atoms. The molecule has 23 heavy (non-hydrogen) atoms. The number of fused-ring (bicyclic) bond motifs is 3. The zero-order chi connectivity index (χ0) is 16.8. The van der Waals surface area contributed by atoms with Gasteiger partial charge in [-0.1, -0.05) is 0 Å². The molecule has 0 N–H and O–H groups in total. The second-order valence-corrected chi connectivity index (χ2v) is 7.10. The number of aromatic nitrogens is 2. The van der Waals surface area contributed by atoms with Crippen molar-refractivity contribution in [2.24, 2.45) is 7.05 Å². The minimum atomic E-state index is -3.59. The van der Waals surface area contributed by atoms with Gasteiger partial charge in [-0.2, -0.15) is 5.10 Å². The van der Waals surface area contributed by atoms with E-state index in [-0.39, 0.29) is 22.9 Å². The van der Waals surface area contributed by atoms with Crippen molar-refractivity contribution in [3.05, 3.63) is 29.5 Å². The van der Waals surface area contributed by atoms with E-state index >= 15 is 0 Å². The maximum Gasteiger partial charge on any atom is 0.359 e. The number of methoxy groups -OCH3 is 1. The maximum absolute atomic E-state index is 12.6. The van der Waals surface area contributed by atoms with E-state index in [9.17, 15) is 13.2 Å². The second kappa shape index (κ2) is 5.38. The molecule has 0 saturated heterocycles. The molecule has 0 unspecified atom stereocenters. The van der Waals surface area contributed by atoms with Crippen molar-refractivity contribution in [1.29, 1.82) is 0 Å². The van der Waals surface area contributed by atoms with E-state index in [0.717, 1.165) is 0 Å². The zero-order valence-corrected chi connectivity index (χ0v) is 13.8. The molecule has 0 amide bonds. The summed E-state index contributed by atoms with van der Waals surface area (Å²) in [7, 11) is -0.435. The van der Waals surface area contributed by atoms with Crippen molar-refractivity contribution < 1.29 is 22.7 Å². The van der Waals surface area contributed by atoms with E-state index in [1.54, 1.807) is 26.1 Å². The third-order valence-electron chi connectivity index (χ3n) is 3.73. The van der Waals surface area contributed by atoms with Crippen LogP contribution in [0, 0.1) is 0 Å². The molecule has 1 aromatic heterocycles. The van der Waals surface area contributed by atoms with Gasteiger partial charge in [0.05, 0.1) is 30.1 Å². The summed E-state index contributed by atoms with van der Waals surface area (Å²) in [4.78, 5) is 12.2. The van der Waals surface area contributed by atoms with E-state index in [1.165, 1.54) is 17.9 Å². The van der Waals surface area contributed by atoms with Crippen molar-refractivity contribution in [3.8, 4) is 17.0 Å². The van der Waals surface area contributed by atoms with Crippen LogP contribution in [0.4, 0.5) is 0 Å². The lowest BCUT2D eigenvalue weighted by molar-refractivity contribution is 0.0517. The van der Waals surface area contributed by atoms with Crippen molar-refractivity contribution >= 4 is 15.8 Å². The molecule has 1 aliphatic heterocycles. The number of ether oxygens (including phenoxy) is 2. The molecule has 3 rings (SSSR count). The van der Waals surface area contributed by atoms with Gasteiger partial charge in [-0.25, -0.2) is 13.2 Å². The summed E-state index contributed by atoms with van der Waals surface area (Å²) in [5.74, 6) is -0.440. The van der Waals surface area contributed by atoms with Gasteiger partial charge in [0.1, 0.15) is 5.75 Å². The van der Waals surface area contributed by atoms with Crippen LogP contribution in [0.15, 0.2) is 23.1 Å². The molecule has 122 valence electrons. The Labute approximate surface area is 133 Å². The Morgan fingerprint density at radius 3 is 2.78 bits per heavy atom. The topological polar surface area (TPSA) is 87.5 Å². The summed E-state index contributed by atoms with van der Waals surface area (Å²) in [5, 5.41) is 4.16. The number of benzene rings is 1. The number of esters is 1. The van der Waals surface area contributed by atoms with Gasteiger partial charge in [-0.3, -0.25) is 4.68 Å². The summed E-state index contributed by atoms with van der Waals surface area (Å²) < 4.78 is 36.8. The highest BCUT2D eigenvalue weighted by atomic mass is 32.2. The lowest BCUT2D eigenvalue weighted by Crippen LogP contribution is -2.16. The Kier molecular flexibility index (Phi) is 3.63. The predicted octanol–water partition coefficient (Wildman–Crippen LogP) is 1.56. The van der Waals surface area contributed by atoms with Gasteiger partial charge < -0.3 is 9.47 Å². The zero-order valence-electron chi connectivity index (χ0n) is 13.0. The summed E-state index contributed by atoms with van der Waals surface area (Å²) >= 11 is 0. The normalized spacial score (nSPS) is 14.7. The number of hydrogen-bond donors (Lipinski definition) is 0. The Hall–Kier alpha value is -2.35. The molecule has 8 heteroatoms. The van der Waals surface area contributed by atoms with Gasteiger partial charge >= 0.3 is 5.97 Å². The average molecular weight is 336 g/mol. The number of carbonyl (C=O) groups is 1. The van der Waals surface area contributed by atoms with E-state index in [1.807, 2.05) is 0 Å². The van der Waals surface area contributed by atoms with Crippen LogP contribution >= 0.6 is 0 Å². The standard InChI is InChI=1S/C15H16N2O5S/c1-4-22-15(18)13-11-8-23(19,20)12-7-9(21-3)5-6-10(12)14(11)17(2)16-13/h5-7H,4,8H2,1-3H3. The van der Waals surface area contributed by atoms with Crippen LogP contribution in [-0.2, 0) is 27.4 Å². The first-order valence-electron chi connectivity index (χ1n) is 7.03. The minimum Gasteiger partial charge on any atom is -0.497 e. The first kappa shape index (κ1) is 15.5. The van der Waals surface area contributed by atoms with E-state index < -0.39 is 15.8 Å². The predicted molar refractivity (Wildman–Crippen MR) is 82.0 cm³/mol. The van der Waals surface area contributed by atoms with Gasteiger partial charge in [0, 0.05) is 18.2 Å². The van der Waals surface area contributed by atoms with Gasteiger partial charge in [0.15, 0.2) is 15.5 Å². The van der Waals surface area contributed by atoms with Gasteiger partial charge in [0.2, 0.25) is 0 Å². The van der Waals surface area contributed by atoms with Gasteiger partial charge in [-0.05, 0) is 25.1 Å². The van der Waals surface area contributed by atoms with Crippen molar-refractivity contribution in [2.75, 3.05) is 13.7 Å². The third kappa shape index (κ3) is 2.39. The van der Waals surface area contributed by atoms with Crippen molar-refractivity contribution in [3.63, 3.8) is 0 Å². The Morgan fingerprint density at radius 1 is 1.39 bits per heavy atom. The highest BCUT2D eigenvalue weighted by molar-refractivity contribution is 7.90. The lowest BCUT2D eigenvalue weighted by Gasteiger charge is -2.18. The molecule has 0 saturated carbocycles. The fraction of sp³-hybridized carbons (Fsp3) is 0.333. The molecule has 0 aliphatic carbocycles. The third-order valence-corrected chi connectivity index (χ3v) is 5.40. The quantitative estimate of drug-likeness (QED) is 0.791. The summed E-state index contributed by atoms with van der Waals surface area (Å²) in [6.07, 6.45) is 0. The molecule has 0 bridgehead atoms. The number of aryl methyl sites for hydroxylation is 1. The molecular formula is C15H16N2O5S. The number of sulfone groups is 1. The smallest absolute Gasteiger partial charge is 0.359 e. The van der Waals surface area contributed by atoms with Crippen molar-refractivity contribution in [2.45, 2.75) is 17.6 Å². The van der Waals surface area contributed by atoms with Gasteiger partial charge in [0.25, 0.3) is 0 Å². The first-order valence-corrected chi connectivity index (χ1v) is 8.68. The molecule has 1 aliphatic rings. The molecule has 2 heterocycles. The highest BCUT2D eigenvalue weighted by Gasteiger charge is 2.35. The Morgan fingerprint density at radius 2 is 2.13 bits per heavy atom. The van der Waals surface area contributed by atoms with Crippen LogP contribution in [0.3, 0.4) is 0 Å². The van der Waals surface area contributed by atoms with E-state index in [2.05, 4.69) is 5.10 Å². The molecule has 7 nitrogen and oxygen atoms in total. The van der Waals surface area contributed by atoms with Crippen LogP contribution < -0.4 is 4.74 Å². The summed E-state index contributed by atoms with van der Waals surface area (Å²) in [6.45, 7) is 1.89. The Balaban J connectivity index is 2.27. The first-order chi connectivity index (χ1) is 10.9. The largest absolute Gasteiger partial charge is 0.497 e. The van der Waals surface area contributed by atoms with E-state index in [0.29, 0.717) is 22.6 Å². The fourth-order valence-electron chi connectivity index (χ4n) is 2.76. The van der Waals surface area contributed by atoms with Gasteiger partial charge in [-0.15, -0.1) is 0 Å².